The molecule has 1 aromatic rings. The lowest BCUT2D eigenvalue weighted by Gasteiger charge is -2.33. The lowest BCUT2D eigenvalue weighted by molar-refractivity contribution is -0.135. The molecule has 1 saturated heterocycles. The predicted molar refractivity (Wildman–Crippen MR) is 117 cm³/mol. The van der Waals surface area contributed by atoms with Gasteiger partial charge in [0.25, 0.3) is 5.91 Å². The predicted octanol–water partition coefficient (Wildman–Crippen LogP) is 2.81. The lowest BCUT2D eigenvalue weighted by Crippen LogP contribution is -2.56. The fraction of sp³-hybridized carbons (Fsp3) is 0.609. The molecule has 1 aromatic carbocycles. The van der Waals surface area contributed by atoms with Gasteiger partial charge in [0, 0.05) is 13.0 Å². The fourth-order valence-electron chi connectivity index (χ4n) is 4.17. The Morgan fingerprint density at radius 1 is 1.17 bits per heavy atom. The molecule has 7 heteroatoms. The molecule has 0 radical (unpaired) electrons. The number of carbonyl (C=O) groups is 2. The van der Waals surface area contributed by atoms with Crippen molar-refractivity contribution in [2.45, 2.75) is 70.6 Å². The van der Waals surface area contributed by atoms with Gasteiger partial charge in [-0.25, -0.2) is 0 Å². The molecule has 0 spiro atoms. The van der Waals surface area contributed by atoms with Gasteiger partial charge in [0.05, 0.1) is 6.04 Å². The first kappa shape index (κ1) is 22.3. The molecule has 30 heavy (non-hydrogen) atoms. The summed E-state index contributed by atoms with van der Waals surface area (Å²) in [5, 5.41) is 10.3. The molecule has 1 saturated carbocycles. The van der Waals surface area contributed by atoms with Crippen molar-refractivity contribution in [2.24, 2.45) is 11.1 Å². The highest BCUT2D eigenvalue weighted by Gasteiger charge is 2.37. The number of rotatable bonds is 8. The summed E-state index contributed by atoms with van der Waals surface area (Å²) >= 11 is 0. The maximum Gasteiger partial charge on any atom is 0.250 e. The Morgan fingerprint density at radius 3 is 2.60 bits per heavy atom. The number of oxime groups is 1. The third-order valence-electron chi connectivity index (χ3n) is 6.12. The van der Waals surface area contributed by atoms with Gasteiger partial charge in [-0.1, -0.05) is 54.8 Å². The summed E-state index contributed by atoms with van der Waals surface area (Å²) in [5.41, 5.74) is 1.03. The standard InChI is InChI=1S/C23H34N4O3/c1-17(24-2)22(28)25-21(19-12-7-4-8-13-19)23(29)27-15-9-14-20(27)26-30-16-18-10-5-3-6-11-18/h3,5-6,10-11,17,19,21,24H,4,7-9,12-16H2,1-2H3,(H,25,28)/t17-,21-/m0/s1. The minimum absolute atomic E-state index is 0.0573. The van der Waals surface area contributed by atoms with E-state index >= 15 is 0 Å². The Balaban J connectivity index is 1.69. The number of likely N-dealkylation sites (tertiary alicyclic amines) is 1. The zero-order chi connectivity index (χ0) is 21.3. The van der Waals surface area contributed by atoms with Crippen molar-refractivity contribution in [3.8, 4) is 0 Å². The fourth-order valence-corrected chi connectivity index (χ4v) is 4.17. The quantitative estimate of drug-likeness (QED) is 0.641. The number of carbonyl (C=O) groups excluding carboxylic acids is 2. The number of nitrogens with one attached hydrogen (secondary N) is 2. The highest BCUT2D eigenvalue weighted by atomic mass is 16.6. The summed E-state index contributed by atoms with van der Waals surface area (Å²) in [6, 6.07) is 8.99. The molecule has 2 N–H and O–H groups in total. The number of likely N-dealkylation sites (N-methyl/N-ethyl adjacent to an activating group) is 1. The van der Waals surface area contributed by atoms with Crippen LogP contribution in [0.25, 0.3) is 0 Å². The number of amidine groups is 1. The summed E-state index contributed by atoms with van der Waals surface area (Å²) in [7, 11) is 1.75. The van der Waals surface area contributed by atoms with Gasteiger partial charge in [-0.3, -0.25) is 14.5 Å². The minimum Gasteiger partial charge on any atom is -0.389 e. The Kier molecular flexibility index (Phi) is 8.25. The van der Waals surface area contributed by atoms with Crippen molar-refractivity contribution < 1.29 is 14.4 Å². The molecule has 2 aliphatic rings. The van der Waals surface area contributed by atoms with Crippen molar-refractivity contribution >= 4 is 17.6 Å². The molecule has 1 heterocycles. The van der Waals surface area contributed by atoms with Crippen LogP contribution in [0.4, 0.5) is 0 Å². The first-order valence-corrected chi connectivity index (χ1v) is 11.1. The van der Waals surface area contributed by atoms with Crippen LogP contribution in [0.3, 0.4) is 0 Å². The lowest BCUT2D eigenvalue weighted by atomic mass is 9.83. The van der Waals surface area contributed by atoms with Crippen LogP contribution < -0.4 is 10.6 Å². The molecule has 1 aliphatic heterocycles. The summed E-state index contributed by atoms with van der Waals surface area (Å²) in [6.45, 7) is 2.79. The van der Waals surface area contributed by atoms with Crippen LogP contribution in [0.1, 0.15) is 57.4 Å². The Labute approximate surface area is 179 Å². The molecule has 1 aliphatic carbocycles. The molecule has 0 aromatic heterocycles. The number of amides is 2. The molecule has 2 atom stereocenters. The van der Waals surface area contributed by atoms with Crippen LogP contribution in [-0.4, -0.2) is 48.2 Å². The second-order valence-corrected chi connectivity index (χ2v) is 8.25. The van der Waals surface area contributed by atoms with E-state index in [1.165, 1.54) is 6.42 Å². The Hall–Kier alpha value is -2.41. The van der Waals surface area contributed by atoms with Crippen LogP contribution in [0.15, 0.2) is 35.5 Å². The molecule has 0 unspecified atom stereocenters. The molecule has 2 fully saturated rings. The SMILES string of the molecule is CN[C@@H](C)C(=O)N[C@H](C(=O)N1CCCC1=NOCc1ccccc1)C1CCCCC1. The first-order valence-electron chi connectivity index (χ1n) is 11.1. The van der Waals surface area contributed by atoms with E-state index in [9.17, 15) is 9.59 Å². The van der Waals surface area contributed by atoms with E-state index in [-0.39, 0.29) is 23.8 Å². The highest BCUT2D eigenvalue weighted by Crippen LogP contribution is 2.28. The third kappa shape index (κ3) is 5.81. The van der Waals surface area contributed by atoms with Crippen LogP contribution in [0, 0.1) is 5.92 Å². The molecule has 164 valence electrons. The van der Waals surface area contributed by atoms with Gasteiger partial charge in [0.1, 0.15) is 12.6 Å². The van der Waals surface area contributed by atoms with Crippen molar-refractivity contribution in [3.05, 3.63) is 35.9 Å². The number of hydrogen-bond donors (Lipinski definition) is 2. The molecular formula is C23H34N4O3. The normalized spacial score (nSPS) is 20.7. The monoisotopic (exact) mass is 414 g/mol. The summed E-state index contributed by atoms with van der Waals surface area (Å²) < 4.78 is 0. The van der Waals surface area contributed by atoms with Gasteiger partial charge in [-0.15, -0.1) is 0 Å². The summed E-state index contributed by atoms with van der Waals surface area (Å²) in [5.74, 6) is 0.636. The van der Waals surface area contributed by atoms with Gasteiger partial charge in [0.15, 0.2) is 5.84 Å². The summed E-state index contributed by atoms with van der Waals surface area (Å²) in [4.78, 5) is 33.3. The van der Waals surface area contributed by atoms with Crippen LogP contribution in [-0.2, 0) is 21.0 Å². The van der Waals surface area contributed by atoms with Crippen LogP contribution in [0.2, 0.25) is 0 Å². The Morgan fingerprint density at radius 2 is 1.90 bits per heavy atom. The maximum atomic E-state index is 13.5. The smallest absolute Gasteiger partial charge is 0.250 e. The molecular weight excluding hydrogens is 380 g/mol. The highest BCUT2D eigenvalue weighted by molar-refractivity contribution is 6.02. The average molecular weight is 415 g/mol. The van der Waals surface area contributed by atoms with E-state index in [1.807, 2.05) is 30.3 Å². The maximum absolute atomic E-state index is 13.5. The molecule has 2 amide bonds. The first-order chi connectivity index (χ1) is 14.6. The molecule has 0 bridgehead atoms. The van der Waals surface area contributed by atoms with Crippen molar-refractivity contribution in [2.75, 3.05) is 13.6 Å². The van der Waals surface area contributed by atoms with Crippen LogP contribution in [0.5, 0.6) is 0 Å². The number of nitrogens with zero attached hydrogens (tertiary/aromatic N) is 2. The van der Waals surface area contributed by atoms with Gasteiger partial charge in [-0.05, 0) is 44.7 Å². The molecule has 3 rings (SSSR count). The summed E-state index contributed by atoms with van der Waals surface area (Å²) in [6.07, 6.45) is 6.91. The van der Waals surface area contributed by atoms with Gasteiger partial charge < -0.3 is 15.5 Å². The van der Waals surface area contributed by atoms with Crippen molar-refractivity contribution in [1.82, 2.24) is 15.5 Å². The Bertz CT molecular complexity index is 731. The van der Waals surface area contributed by atoms with Crippen LogP contribution >= 0.6 is 0 Å². The minimum atomic E-state index is -0.508. The van der Waals surface area contributed by atoms with Gasteiger partial charge >= 0.3 is 0 Å². The van der Waals surface area contributed by atoms with E-state index in [0.717, 1.165) is 37.7 Å². The number of benzene rings is 1. The second kappa shape index (κ2) is 11.1. The average Bonchev–Trinajstić information content (AvgIpc) is 3.26. The molecule has 7 nitrogen and oxygen atoms in total. The van der Waals surface area contributed by atoms with E-state index in [4.69, 9.17) is 4.84 Å². The van der Waals surface area contributed by atoms with Gasteiger partial charge in [-0.2, -0.15) is 0 Å². The van der Waals surface area contributed by atoms with Crippen molar-refractivity contribution in [1.29, 1.82) is 0 Å². The van der Waals surface area contributed by atoms with Gasteiger partial charge in [0.2, 0.25) is 5.91 Å². The third-order valence-corrected chi connectivity index (χ3v) is 6.12. The topological polar surface area (TPSA) is 83.0 Å². The largest absolute Gasteiger partial charge is 0.389 e. The van der Waals surface area contributed by atoms with E-state index in [0.29, 0.717) is 25.4 Å². The van der Waals surface area contributed by atoms with E-state index in [2.05, 4.69) is 15.8 Å². The van der Waals surface area contributed by atoms with E-state index in [1.54, 1.807) is 18.9 Å². The van der Waals surface area contributed by atoms with E-state index < -0.39 is 6.04 Å². The zero-order valence-electron chi connectivity index (χ0n) is 18.1. The zero-order valence-corrected chi connectivity index (χ0v) is 18.1. The second-order valence-electron chi connectivity index (χ2n) is 8.25. The van der Waals surface area contributed by atoms with Crippen molar-refractivity contribution in [3.63, 3.8) is 0 Å². The number of hydrogen-bond acceptors (Lipinski definition) is 5.